The second kappa shape index (κ2) is 5.85. The number of nitrogens with zero attached hydrogens (tertiary/aromatic N) is 1. The van der Waals surface area contributed by atoms with Crippen LogP contribution in [-0.2, 0) is 17.7 Å². The Balaban J connectivity index is 1.90. The fourth-order valence-corrected chi connectivity index (χ4v) is 2.39. The average molecular weight is 247 g/mol. The topological polar surface area (TPSA) is 12.5 Å². The highest BCUT2D eigenvalue weighted by Gasteiger charge is 2.12. The largest absolute Gasteiger partial charge is 0.379 e. The summed E-state index contributed by atoms with van der Waals surface area (Å²) in [6, 6.07) is 9.11. The minimum absolute atomic E-state index is 0.367. The molecule has 2 nitrogen and oxygen atoms in total. The molecule has 18 heavy (non-hydrogen) atoms. The van der Waals surface area contributed by atoms with E-state index in [-0.39, 0.29) is 0 Å². The van der Waals surface area contributed by atoms with Gasteiger partial charge in [-0.25, -0.2) is 0 Å². The first-order chi connectivity index (χ1) is 8.53. The van der Waals surface area contributed by atoms with Crippen molar-refractivity contribution in [3.63, 3.8) is 0 Å². The number of rotatable bonds is 3. The third-order valence-corrected chi connectivity index (χ3v) is 3.27. The van der Waals surface area contributed by atoms with Gasteiger partial charge in [0, 0.05) is 19.6 Å². The van der Waals surface area contributed by atoms with E-state index in [2.05, 4.69) is 49.9 Å². The average Bonchev–Trinajstić information content (AvgIpc) is 2.31. The third kappa shape index (κ3) is 4.43. The van der Waals surface area contributed by atoms with Gasteiger partial charge >= 0.3 is 0 Å². The molecular weight excluding hydrogens is 222 g/mol. The molecule has 0 radical (unpaired) electrons. The highest BCUT2D eigenvalue weighted by molar-refractivity contribution is 5.23. The van der Waals surface area contributed by atoms with Crippen LogP contribution in [-0.4, -0.2) is 31.2 Å². The zero-order valence-electron chi connectivity index (χ0n) is 11.9. The van der Waals surface area contributed by atoms with Gasteiger partial charge in [-0.2, -0.15) is 0 Å². The van der Waals surface area contributed by atoms with E-state index in [9.17, 15) is 0 Å². The smallest absolute Gasteiger partial charge is 0.0594 e. The van der Waals surface area contributed by atoms with Gasteiger partial charge in [-0.3, -0.25) is 4.90 Å². The van der Waals surface area contributed by atoms with E-state index in [4.69, 9.17) is 4.74 Å². The number of ether oxygens (including phenoxy) is 1. The van der Waals surface area contributed by atoms with Gasteiger partial charge < -0.3 is 4.74 Å². The zero-order valence-corrected chi connectivity index (χ0v) is 11.9. The molecule has 0 aliphatic carbocycles. The van der Waals surface area contributed by atoms with Crippen LogP contribution in [0.4, 0.5) is 0 Å². The van der Waals surface area contributed by atoms with E-state index < -0.39 is 0 Å². The number of hydrogen-bond acceptors (Lipinski definition) is 2. The van der Waals surface area contributed by atoms with Crippen LogP contribution in [0.25, 0.3) is 0 Å². The summed E-state index contributed by atoms with van der Waals surface area (Å²) in [4.78, 5) is 2.46. The van der Waals surface area contributed by atoms with E-state index in [1.165, 1.54) is 11.1 Å². The van der Waals surface area contributed by atoms with Crippen molar-refractivity contribution in [3.8, 4) is 0 Å². The Morgan fingerprint density at radius 2 is 1.56 bits per heavy atom. The Labute approximate surface area is 111 Å². The summed E-state index contributed by atoms with van der Waals surface area (Å²) in [5, 5.41) is 0. The van der Waals surface area contributed by atoms with Crippen molar-refractivity contribution in [1.29, 1.82) is 0 Å². The van der Waals surface area contributed by atoms with E-state index in [0.29, 0.717) is 5.41 Å². The van der Waals surface area contributed by atoms with Crippen LogP contribution in [0.5, 0.6) is 0 Å². The minimum atomic E-state index is 0.367. The molecule has 2 rings (SSSR count). The lowest BCUT2D eigenvalue weighted by Gasteiger charge is -2.26. The Bertz CT molecular complexity index is 358. The van der Waals surface area contributed by atoms with Crippen LogP contribution in [0.3, 0.4) is 0 Å². The zero-order chi connectivity index (χ0) is 13.0. The van der Waals surface area contributed by atoms with Crippen LogP contribution in [0.15, 0.2) is 24.3 Å². The number of hydrogen-bond donors (Lipinski definition) is 0. The van der Waals surface area contributed by atoms with Gasteiger partial charge in [0.25, 0.3) is 0 Å². The Kier molecular flexibility index (Phi) is 4.41. The van der Waals surface area contributed by atoms with Crippen molar-refractivity contribution in [2.24, 2.45) is 5.41 Å². The van der Waals surface area contributed by atoms with Crippen molar-refractivity contribution in [1.82, 2.24) is 4.90 Å². The van der Waals surface area contributed by atoms with Gasteiger partial charge in [0.05, 0.1) is 13.2 Å². The Morgan fingerprint density at radius 1 is 1.00 bits per heavy atom. The van der Waals surface area contributed by atoms with Crippen molar-refractivity contribution in [2.45, 2.75) is 33.7 Å². The molecule has 0 saturated carbocycles. The fourth-order valence-electron chi connectivity index (χ4n) is 2.39. The van der Waals surface area contributed by atoms with Gasteiger partial charge in [-0.15, -0.1) is 0 Å². The van der Waals surface area contributed by atoms with Gasteiger partial charge in [0.2, 0.25) is 0 Å². The molecule has 100 valence electrons. The number of benzene rings is 1. The van der Waals surface area contributed by atoms with Crippen LogP contribution in [0.2, 0.25) is 0 Å². The summed E-state index contributed by atoms with van der Waals surface area (Å²) >= 11 is 0. The minimum Gasteiger partial charge on any atom is -0.379 e. The predicted octanol–water partition coefficient (Wildman–Crippen LogP) is 3.11. The molecule has 1 aromatic rings. The van der Waals surface area contributed by atoms with Crippen LogP contribution >= 0.6 is 0 Å². The second-order valence-electron chi connectivity index (χ2n) is 6.44. The Hall–Kier alpha value is -0.860. The first-order valence-electron chi connectivity index (χ1n) is 6.91. The fraction of sp³-hybridized carbons (Fsp3) is 0.625. The summed E-state index contributed by atoms with van der Waals surface area (Å²) in [5.74, 6) is 0. The van der Waals surface area contributed by atoms with Crippen LogP contribution in [0, 0.1) is 5.41 Å². The maximum absolute atomic E-state index is 5.37. The van der Waals surface area contributed by atoms with E-state index in [0.717, 1.165) is 39.3 Å². The maximum atomic E-state index is 5.37. The molecule has 0 atom stereocenters. The second-order valence-corrected chi connectivity index (χ2v) is 6.44. The maximum Gasteiger partial charge on any atom is 0.0594 e. The summed E-state index contributed by atoms with van der Waals surface area (Å²) in [6.07, 6.45) is 1.14. The molecule has 1 aliphatic heterocycles. The molecular formula is C16H25NO. The SMILES string of the molecule is CC(C)(C)Cc1ccc(CN2CCOCC2)cc1. The van der Waals surface area contributed by atoms with Gasteiger partial charge in [0.1, 0.15) is 0 Å². The number of morpholine rings is 1. The molecule has 1 aliphatic rings. The predicted molar refractivity (Wildman–Crippen MR) is 75.7 cm³/mol. The van der Waals surface area contributed by atoms with E-state index in [1.54, 1.807) is 0 Å². The summed E-state index contributed by atoms with van der Waals surface area (Å²) in [5.41, 5.74) is 3.22. The lowest BCUT2D eigenvalue weighted by atomic mass is 9.88. The molecule has 0 bridgehead atoms. The van der Waals surface area contributed by atoms with Crippen molar-refractivity contribution in [3.05, 3.63) is 35.4 Å². The van der Waals surface area contributed by atoms with Crippen molar-refractivity contribution >= 4 is 0 Å². The Morgan fingerprint density at radius 3 is 2.11 bits per heavy atom. The molecule has 1 aromatic carbocycles. The lowest BCUT2D eigenvalue weighted by Crippen LogP contribution is -2.35. The lowest BCUT2D eigenvalue weighted by molar-refractivity contribution is 0.0342. The molecule has 2 heteroatoms. The quantitative estimate of drug-likeness (QED) is 0.814. The first kappa shape index (κ1) is 13.6. The van der Waals surface area contributed by atoms with Gasteiger partial charge in [-0.05, 0) is 23.0 Å². The van der Waals surface area contributed by atoms with E-state index in [1.807, 2.05) is 0 Å². The summed E-state index contributed by atoms with van der Waals surface area (Å²) in [7, 11) is 0. The van der Waals surface area contributed by atoms with Gasteiger partial charge in [0.15, 0.2) is 0 Å². The molecule has 1 heterocycles. The normalized spacial score (nSPS) is 17.9. The molecule has 1 fully saturated rings. The van der Waals surface area contributed by atoms with Gasteiger partial charge in [-0.1, -0.05) is 45.0 Å². The highest BCUT2D eigenvalue weighted by Crippen LogP contribution is 2.21. The van der Waals surface area contributed by atoms with Crippen LogP contribution < -0.4 is 0 Å². The van der Waals surface area contributed by atoms with Crippen molar-refractivity contribution in [2.75, 3.05) is 26.3 Å². The monoisotopic (exact) mass is 247 g/mol. The van der Waals surface area contributed by atoms with Crippen molar-refractivity contribution < 1.29 is 4.74 Å². The van der Waals surface area contributed by atoms with E-state index >= 15 is 0 Å². The summed E-state index contributed by atoms with van der Waals surface area (Å²) < 4.78 is 5.37. The molecule has 0 aromatic heterocycles. The highest BCUT2D eigenvalue weighted by atomic mass is 16.5. The summed E-state index contributed by atoms with van der Waals surface area (Å²) in [6.45, 7) is 11.8. The first-order valence-corrected chi connectivity index (χ1v) is 6.91. The molecule has 0 amide bonds. The molecule has 0 N–H and O–H groups in total. The molecule has 1 saturated heterocycles. The molecule has 0 spiro atoms. The standard InChI is InChI=1S/C16H25NO/c1-16(2,3)12-14-4-6-15(7-5-14)13-17-8-10-18-11-9-17/h4-7H,8-13H2,1-3H3. The molecule has 0 unspecified atom stereocenters. The van der Waals surface area contributed by atoms with Crippen LogP contribution in [0.1, 0.15) is 31.9 Å². The third-order valence-electron chi connectivity index (χ3n) is 3.27.